The van der Waals surface area contributed by atoms with Gasteiger partial charge in [-0.3, -0.25) is 0 Å². The second kappa shape index (κ2) is 5.61. The van der Waals surface area contributed by atoms with Gasteiger partial charge in [0, 0.05) is 11.3 Å². The fourth-order valence-electron chi connectivity index (χ4n) is 0.976. The molecule has 0 amide bonds. The minimum absolute atomic E-state index is 0.101. The van der Waals surface area contributed by atoms with Crippen molar-refractivity contribution in [2.45, 2.75) is 29.7 Å². The van der Waals surface area contributed by atoms with Crippen molar-refractivity contribution < 1.29 is 8.42 Å². The highest BCUT2D eigenvalue weighted by Gasteiger charge is 2.23. The van der Waals surface area contributed by atoms with Gasteiger partial charge in [-0.2, -0.15) is 11.8 Å². The van der Waals surface area contributed by atoms with E-state index in [0.717, 1.165) is 9.35 Å². The smallest absolute Gasteiger partial charge is 0.209 e. The Kier molecular flexibility index (Phi) is 5.11. The minimum atomic E-state index is -3.38. The van der Waals surface area contributed by atoms with Crippen LogP contribution in [0, 0.1) is 6.92 Å². The van der Waals surface area contributed by atoms with Gasteiger partial charge < -0.3 is 0 Å². The van der Waals surface area contributed by atoms with Crippen molar-refractivity contribution >= 4 is 49.1 Å². The molecule has 0 aliphatic heterocycles. The SMILES string of the molecule is CSC(C)(C)CNS(=O)(=O)c1cc(C)c(Br)s1. The van der Waals surface area contributed by atoms with E-state index < -0.39 is 10.0 Å². The van der Waals surface area contributed by atoms with Gasteiger partial charge in [0.15, 0.2) is 0 Å². The molecule has 7 heteroatoms. The lowest BCUT2D eigenvalue weighted by Crippen LogP contribution is -2.35. The van der Waals surface area contributed by atoms with E-state index in [1.807, 2.05) is 27.0 Å². The summed E-state index contributed by atoms with van der Waals surface area (Å²) < 4.78 is 27.8. The molecular weight excluding hydrogens is 342 g/mol. The lowest BCUT2D eigenvalue weighted by atomic mass is 10.2. The second-order valence-electron chi connectivity index (χ2n) is 4.31. The Hall–Kier alpha value is 0.440. The van der Waals surface area contributed by atoms with Crippen LogP contribution in [0.25, 0.3) is 0 Å². The molecule has 98 valence electrons. The Balaban J connectivity index is 2.83. The van der Waals surface area contributed by atoms with Crippen LogP contribution < -0.4 is 4.72 Å². The Morgan fingerprint density at radius 2 is 2.12 bits per heavy atom. The second-order valence-corrected chi connectivity index (χ2v) is 10.2. The van der Waals surface area contributed by atoms with E-state index in [2.05, 4.69) is 20.7 Å². The van der Waals surface area contributed by atoms with E-state index in [0.29, 0.717) is 10.8 Å². The molecule has 1 rings (SSSR count). The lowest BCUT2D eigenvalue weighted by Gasteiger charge is -2.21. The molecule has 1 aromatic rings. The number of thioether (sulfide) groups is 1. The van der Waals surface area contributed by atoms with Crippen LogP contribution in [0.2, 0.25) is 0 Å². The molecule has 0 fully saturated rings. The molecule has 0 unspecified atom stereocenters. The average Bonchev–Trinajstić information content (AvgIpc) is 2.58. The maximum absolute atomic E-state index is 12.0. The van der Waals surface area contributed by atoms with Gasteiger partial charge in [0.05, 0.1) is 3.79 Å². The third kappa shape index (κ3) is 4.24. The molecule has 3 nitrogen and oxygen atoms in total. The van der Waals surface area contributed by atoms with Gasteiger partial charge in [0.25, 0.3) is 0 Å². The molecule has 1 aromatic heterocycles. The molecule has 0 atom stereocenters. The van der Waals surface area contributed by atoms with Crippen molar-refractivity contribution in [2.24, 2.45) is 0 Å². The number of nitrogens with one attached hydrogen (secondary N) is 1. The van der Waals surface area contributed by atoms with Gasteiger partial charge in [-0.25, -0.2) is 13.1 Å². The monoisotopic (exact) mass is 357 g/mol. The molecule has 0 spiro atoms. The number of hydrogen-bond acceptors (Lipinski definition) is 4. The van der Waals surface area contributed by atoms with Gasteiger partial charge in [0.1, 0.15) is 4.21 Å². The summed E-state index contributed by atoms with van der Waals surface area (Å²) in [5, 5.41) is 0. The molecular formula is C10H16BrNO2S3. The van der Waals surface area contributed by atoms with Gasteiger partial charge in [0.2, 0.25) is 10.0 Å². The summed E-state index contributed by atoms with van der Waals surface area (Å²) in [6.07, 6.45) is 1.97. The fraction of sp³-hybridized carbons (Fsp3) is 0.600. The molecule has 0 bridgehead atoms. The van der Waals surface area contributed by atoms with Crippen molar-refractivity contribution in [3.05, 3.63) is 15.4 Å². The van der Waals surface area contributed by atoms with E-state index in [-0.39, 0.29) is 4.75 Å². The highest BCUT2D eigenvalue weighted by Crippen LogP contribution is 2.30. The zero-order chi connectivity index (χ0) is 13.3. The first-order valence-electron chi connectivity index (χ1n) is 4.99. The largest absolute Gasteiger partial charge is 0.250 e. The minimum Gasteiger partial charge on any atom is -0.209 e. The first-order valence-corrected chi connectivity index (χ1v) is 9.30. The Morgan fingerprint density at radius 1 is 1.53 bits per heavy atom. The Bertz CT molecular complexity index is 474. The third-order valence-corrected chi connectivity index (χ3v) is 7.60. The van der Waals surface area contributed by atoms with Crippen LogP contribution in [0.5, 0.6) is 0 Å². The topological polar surface area (TPSA) is 46.2 Å². The van der Waals surface area contributed by atoms with Crippen molar-refractivity contribution in [3.8, 4) is 0 Å². The molecule has 1 heterocycles. The van der Waals surface area contributed by atoms with Crippen molar-refractivity contribution in [1.82, 2.24) is 4.72 Å². The van der Waals surface area contributed by atoms with E-state index >= 15 is 0 Å². The fourth-order valence-corrected chi connectivity index (χ4v) is 4.77. The zero-order valence-electron chi connectivity index (χ0n) is 10.2. The van der Waals surface area contributed by atoms with E-state index in [4.69, 9.17) is 0 Å². The normalized spacial score (nSPS) is 13.0. The van der Waals surface area contributed by atoms with E-state index in [9.17, 15) is 8.42 Å². The Labute approximate surface area is 120 Å². The first-order chi connectivity index (χ1) is 7.68. The number of halogens is 1. The summed E-state index contributed by atoms with van der Waals surface area (Å²) in [6.45, 7) is 6.32. The summed E-state index contributed by atoms with van der Waals surface area (Å²) in [7, 11) is -3.38. The van der Waals surface area contributed by atoms with Gasteiger partial charge in [-0.05, 0) is 54.6 Å². The predicted octanol–water partition coefficient (Wildman–Crippen LogP) is 3.24. The molecule has 0 saturated carbocycles. The standard InChI is InChI=1S/C10H16BrNO2S3/c1-7-5-8(16-9(7)11)17(13,14)12-6-10(2,3)15-4/h5,12H,6H2,1-4H3. The summed E-state index contributed by atoms with van der Waals surface area (Å²) in [5.74, 6) is 0. The van der Waals surface area contributed by atoms with Crippen LogP contribution >= 0.6 is 39.0 Å². The highest BCUT2D eigenvalue weighted by molar-refractivity contribution is 9.11. The van der Waals surface area contributed by atoms with Crippen LogP contribution in [0.15, 0.2) is 14.1 Å². The average molecular weight is 358 g/mol. The Morgan fingerprint density at radius 3 is 2.53 bits per heavy atom. The van der Waals surface area contributed by atoms with Crippen LogP contribution in [-0.2, 0) is 10.0 Å². The number of thiophene rings is 1. The van der Waals surface area contributed by atoms with Gasteiger partial charge >= 0.3 is 0 Å². The van der Waals surface area contributed by atoms with Gasteiger partial charge in [-0.1, -0.05) is 0 Å². The van der Waals surface area contributed by atoms with E-state index in [1.54, 1.807) is 17.8 Å². The number of hydrogen-bond donors (Lipinski definition) is 1. The van der Waals surface area contributed by atoms with Crippen LogP contribution in [0.1, 0.15) is 19.4 Å². The van der Waals surface area contributed by atoms with Crippen molar-refractivity contribution in [3.63, 3.8) is 0 Å². The van der Waals surface area contributed by atoms with E-state index in [1.165, 1.54) is 11.3 Å². The van der Waals surface area contributed by atoms with Crippen LogP contribution in [0.3, 0.4) is 0 Å². The third-order valence-electron chi connectivity index (χ3n) is 2.34. The summed E-state index contributed by atoms with van der Waals surface area (Å²) in [4.78, 5) is 0. The number of rotatable bonds is 5. The van der Waals surface area contributed by atoms with Crippen molar-refractivity contribution in [1.29, 1.82) is 0 Å². The summed E-state index contributed by atoms with van der Waals surface area (Å²) in [6, 6.07) is 1.68. The van der Waals surface area contributed by atoms with Gasteiger partial charge in [-0.15, -0.1) is 11.3 Å². The molecule has 1 N–H and O–H groups in total. The number of sulfonamides is 1. The van der Waals surface area contributed by atoms with Crippen LogP contribution in [-0.4, -0.2) is 26.0 Å². The summed E-state index contributed by atoms with van der Waals surface area (Å²) in [5.41, 5.74) is 0.944. The predicted molar refractivity (Wildman–Crippen MR) is 79.5 cm³/mol. The molecule has 0 aliphatic rings. The molecule has 0 aromatic carbocycles. The maximum Gasteiger partial charge on any atom is 0.250 e. The van der Waals surface area contributed by atoms with Crippen LogP contribution in [0.4, 0.5) is 0 Å². The summed E-state index contributed by atoms with van der Waals surface area (Å²) >= 11 is 6.21. The molecule has 0 radical (unpaired) electrons. The number of aryl methyl sites for hydroxylation is 1. The molecule has 0 aliphatic carbocycles. The molecule has 17 heavy (non-hydrogen) atoms. The highest BCUT2D eigenvalue weighted by atomic mass is 79.9. The zero-order valence-corrected chi connectivity index (χ0v) is 14.2. The molecule has 0 saturated heterocycles. The quantitative estimate of drug-likeness (QED) is 0.879. The van der Waals surface area contributed by atoms with Crippen molar-refractivity contribution in [2.75, 3.05) is 12.8 Å². The lowest BCUT2D eigenvalue weighted by molar-refractivity contribution is 0.572. The maximum atomic E-state index is 12.0. The first kappa shape index (κ1) is 15.5.